The molecule has 0 saturated carbocycles. The average molecular weight is 246 g/mol. The van der Waals surface area contributed by atoms with Crippen LogP contribution in [0.3, 0.4) is 0 Å². The van der Waals surface area contributed by atoms with E-state index in [0.29, 0.717) is 6.04 Å². The molecule has 0 amide bonds. The van der Waals surface area contributed by atoms with Gasteiger partial charge in [0.05, 0.1) is 6.54 Å². The first-order valence-electron chi connectivity index (χ1n) is 6.41. The third-order valence-corrected chi connectivity index (χ3v) is 2.89. The van der Waals surface area contributed by atoms with Gasteiger partial charge < -0.3 is 15.5 Å². The number of rotatable bonds is 4. The van der Waals surface area contributed by atoms with Crippen molar-refractivity contribution in [3.05, 3.63) is 35.4 Å². The number of hydrogen-bond donors (Lipinski definition) is 2. The highest BCUT2D eigenvalue weighted by molar-refractivity contribution is 5.81. The van der Waals surface area contributed by atoms with Crippen molar-refractivity contribution in [1.82, 2.24) is 15.5 Å². The summed E-state index contributed by atoms with van der Waals surface area (Å²) in [6.45, 7) is 4.80. The molecular formula is C14H22N4. The maximum Gasteiger partial charge on any atom is 0.191 e. The minimum atomic E-state index is 0.454. The Morgan fingerprint density at radius 1 is 1.28 bits per heavy atom. The lowest BCUT2D eigenvalue weighted by molar-refractivity contribution is 0.402. The summed E-state index contributed by atoms with van der Waals surface area (Å²) in [5.41, 5.74) is 2.62. The molecule has 0 aromatic heterocycles. The Bertz CT molecular complexity index is 408. The van der Waals surface area contributed by atoms with Crippen LogP contribution in [0.1, 0.15) is 18.1 Å². The summed E-state index contributed by atoms with van der Waals surface area (Å²) in [5, 5.41) is 6.61. The standard InChI is InChI=1S/C14H22N4/c1-11-8-15-14(17-11)16-9-12-4-6-13(7-5-12)10-18(2)3/h4-7,11H,8-10H2,1-3H3,(H2,15,16,17). The predicted molar refractivity (Wildman–Crippen MR) is 75.6 cm³/mol. The number of guanidine groups is 1. The van der Waals surface area contributed by atoms with Crippen molar-refractivity contribution in [3.8, 4) is 0 Å². The molecule has 2 rings (SSSR count). The van der Waals surface area contributed by atoms with Crippen LogP contribution in [0.2, 0.25) is 0 Å². The number of nitrogens with zero attached hydrogens (tertiary/aromatic N) is 2. The molecule has 4 nitrogen and oxygen atoms in total. The molecular weight excluding hydrogens is 224 g/mol. The van der Waals surface area contributed by atoms with E-state index in [4.69, 9.17) is 0 Å². The Labute approximate surface area is 109 Å². The lowest BCUT2D eigenvalue weighted by Crippen LogP contribution is -2.37. The molecule has 1 atom stereocenters. The van der Waals surface area contributed by atoms with Gasteiger partial charge in [0.1, 0.15) is 0 Å². The smallest absolute Gasteiger partial charge is 0.191 e. The zero-order valence-corrected chi connectivity index (χ0v) is 11.4. The fourth-order valence-electron chi connectivity index (χ4n) is 1.97. The van der Waals surface area contributed by atoms with Crippen LogP contribution in [0, 0.1) is 0 Å². The third kappa shape index (κ3) is 3.74. The van der Waals surface area contributed by atoms with E-state index in [9.17, 15) is 0 Å². The number of benzene rings is 1. The first-order valence-corrected chi connectivity index (χ1v) is 6.41. The highest BCUT2D eigenvalue weighted by atomic mass is 15.2. The molecule has 1 unspecified atom stereocenters. The monoisotopic (exact) mass is 246 g/mol. The second-order valence-electron chi connectivity index (χ2n) is 5.14. The molecule has 98 valence electrons. The van der Waals surface area contributed by atoms with Crippen molar-refractivity contribution in [3.63, 3.8) is 0 Å². The molecule has 0 saturated heterocycles. The van der Waals surface area contributed by atoms with Crippen molar-refractivity contribution >= 4 is 5.96 Å². The first-order chi connectivity index (χ1) is 8.63. The maximum atomic E-state index is 4.38. The van der Waals surface area contributed by atoms with E-state index in [1.165, 1.54) is 11.1 Å². The zero-order valence-electron chi connectivity index (χ0n) is 11.4. The molecule has 0 aliphatic carbocycles. The van der Waals surface area contributed by atoms with Crippen molar-refractivity contribution in [2.75, 3.05) is 20.6 Å². The van der Waals surface area contributed by atoms with E-state index in [1.54, 1.807) is 0 Å². The topological polar surface area (TPSA) is 39.7 Å². The van der Waals surface area contributed by atoms with Crippen LogP contribution < -0.4 is 10.6 Å². The first kappa shape index (κ1) is 12.9. The summed E-state index contributed by atoms with van der Waals surface area (Å²) in [5.74, 6) is 0.917. The zero-order chi connectivity index (χ0) is 13.0. The van der Waals surface area contributed by atoms with Gasteiger partial charge >= 0.3 is 0 Å². The highest BCUT2D eigenvalue weighted by Crippen LogP contribution is 2.06. The van der Waals surface area contributed by atoms with Crippen LogP contribution in [-0.4, -0.2) is 37.5 Å². The average Bonchev–Trinajstić information content (AvgIpc) is 2.74. The Hall–Kier alpha value is -1.55. The van der Waals surface area contributed by atoms with Gasteiger partial charge in [0.15, 0.2) is 5.96 Å². The van der Waals surface area contributed by atoms with Crippen LogP contribution in [0.5, 0.6) is 0 Å². The lowest BCUT2D eigenvalue weighted by Gasteiger charge is -2.11. The SMILES string of the molecule is CC1CN=C(NCc2ccc(CN(C)C)cc2)N1. The molecule has 0 spiro atoms. The van der Waals surface area contributed by atoms with E-state index < -0.39 is 0 Å². The van der Waals surface area contributed by atoms with Crippen LogP contribution >= 0.6 is 0 Å². The van der Waals surface area contributed by atoms with E-state index in [2.05, 4.69) is 65.8 Å². The Kier molecular flexibility index (Phi) is 4.20. The molecule has 18 heavy (non-hydrogen) atoms. The van der Waals surface area contributed by atoms with Crippen molar-refractivity contribution in [2.24, 2.45) is 4.99 Å². The van der Waals surface area contributed by atoms with Crippen LogP contribution in [-0.2, 0) is 13.1 Å². The summed E-state index contributed by atoms with van der Waals surface area (Å²) in [4.78, 5) is 6.55. The van der Waals surface area contributed by atoms with Gasteiger partial charge in [-0.25, -0.2) is 0 Å². The van der Waals surface area contributed by atoms with Crippen molar-refractivity contribution < 1.29 is 0 Å². The molecule has 0 radical (unpaired) electrons. The summed E-state index contributed by atoms with van der Waals surface area (Å²) in [6, 6.07) is 9.16. The van der Waals surface area contributed by atoms with Gasteiger partial charge in [-0.15, -0.1) is 0 Å². The minimum Gasteiger partial charge on any atom is -0.352 e. The van der Waals surface area contributed by atoms with Gasteiger partial charge in [-0.2, -0.15) is 0 Å². The molecule has 0 fully saturated rings. The van der Waals surface area contributed by atoms with Crippen LogP contribution in [0.15, 0.2) is 29.3 Å². The van der Waals surface area contributed by atoms with Crippen LogP contribution in [0.25, 0.3) is 0 Å². The van der Waals surface area contributed by atoms with E-state index >= 15 is 0 Å². The molecule has 1 aliphatic rings. The molecule has 1 aliphatic heterocycles. The highest BCUT2D eigenvalue weighted by Gasteiger charge is 2.11. The molecule has 1 aromatic rings. The molecule has 2 N–H and O–H groups in total. The second-order valence-corrected chi connectivity index (χ2v) is 5.14. The number of aliphatic imine (C=N–C) groups is 1. The summed E-state index contributed by atoms with van der Waals surface area (Å²) < 4.78 is 0. The predicted octanol–water partition coefficient (Wildman–Crippen LogP) is 1.19. The van der Waals surface area contributed by atoms with Gasteiger partial charge in [0.25, 0.3) is 0 Å². The Balaban J connectivity index is 1.83. The molecule has 0 bridgehead atoms. The largest absolute Gasteiger partial charge is 0.352 e. The van der Waals surface area contributed by atoms with Gasteiger partial charge in [0.2, 0.25) is 0 Å². The van der Waals surface area contributed by atoms with Gasteiger partial charge in [-0.1, -0.05) is 24.3 Å². The van der Waals surface area contributed by atoms with Gasteiger partial charge in [-0.3, -0.25) is 4.99 Å². The molecule has 1 heterocycles. The Morgan fingerprint density at radius 2 is 1.94 bits per heavy atom. The second kappa shape index (κ2) is 5.87. The fraction of sp³-hybridized carbons (Fsp3) is 0.500. The molecule has 1 aromatic carbocycles. The van der Waals surface area contributed by atoms with Gasteiger partial charge in [-0.05, 0) is 32.1 Å². The Morgan fingerprint density at radius 3 is 2.50 bits per heavy atom. The fourth-order valence-corrected chi connectivity index (χ4v) is 1.97. The molecule has 4 heteroatoms. The summed E-state index contributed by atoms with van der Waals surface area (Å²) in [6.07, 6.45) is 0. The quantitative estimate of drug-likeness (QED) is 0.838. The van der Waals surface area contributed by atoms with Crippen molar-refractivity contribution in [1.29, 1.82) is 0 Å². The van der Waals surface area contributed by atoms with E-state index in [-0.39, 0.29) is 0 Å². The normalized spacial score (nSPS) is 18.7. The van der Waals surface area contributed by atoms with Gasteiger partial charge in [0, 0.05) is 19.1 Å². The summed E-state index contributed by atoms with van der Waals surface area (Å²) in [7, 11) is 4.17. The van der Waals surface area contributed by atoms with Crippen molar-refractivity contribution in [2.45, 2.75) is 26.1 Å². The lowest BCUT2D eigenvalue weighted by atomic mass is 10.1. The third-order valence-electron chi connectivity index (χ3n) is 2.89. The number of hydrogen-bond acceptors (Lipinski definition) is 4. The number of nitrogens with one attached hydrogen (secondary N) is 2. The summed E-state index contributed by atoms with van der Waals surface area (Å²) >= 11 is 0. The maximum absolute atomic E-state index is 4.38. The van der Waals surface area contributed by atoms with Crippen LogP contribution in [0.4, 0.5) is 0 Å². The minimum absolute atomic E-state index is 0.454. The van der Waals surface area contributed by atoms with E-state index in [0.717, 1.165) is 25.6 Å². The van der Waals surface area contributed by atoms with E-state index in [1.807, 2.05) is 0 Å².